The summed E-state index contributed by atoms with van der Waals surface area (Å²) in [6, 6.07) is 1.51. The van der Waals surface area contributed by atoms with E-state index in [1.807, 2.05) is 0 Å². The molecule has 0 spiro atoms. The second-order valence-corrected chi connectivity index (χ2v) is 27.0. The molecule has 115 heavy (non-hydrogen) atoms. The van der Waals surface area contributed by atoms with Gasteiger partial charge in [-0.25, -0.2) is 29.3 Å². The lowest BCUT2D eigenvalue weighted by Gasteiger charge is -2.27. The molecule has 34 N–H and O–H groups in total. The number of ether oxygens (including phenoxy) is 5. The fourth-order valence-corrected chi connectivity index (χ4v) is 14.2. The van der Waals surface area contributed by atoms with Crippen LogP contribution in [0.25, 0.3) is 55.6 Å². The van der Waals surface area contributed by atoms with E-state index in [-0.39, 0.29) is 67.6 Å². The fraction of sp³-hybridized carbons (Fsp3) is 0.403. The number of nitrogens with one attached hydrogen (secondary N) is 4. The predicted octanol–water partition coefficient (Wildman–Crippen LogP) is -7.33. The highest BCUT2D eigenvalue weighted by Crippen LogP contribution is 2.43. The first kappa shape index (κ1) is 85.8. The third kappa shape index (κ3) is 15.4. The summed E-state index contributed by atoms with van der Waals surface area (Å²) in [5, 5.41) is 109. The van der Waals surface area contributed by atoms with Gasteiger partial charge in [0.25, 0.3) is 16.7 Å². The molecular formula is C62H66Cl5FN28O18S. The molecule has 5 fully saturated rings. The monoisotopic (exact) mass is 1720 g/mol. The zero-order valence-corrected chi connectivity index (χ0v) is 62.8. The second kappa shape index (κ2) is 34.0. The number of H-pyrrole nitrogens is 4. The molecule has 610 valence electrons. The SMILES string of the molecule is Nc1nc(=S)c2ncn([C@@H]3O[C@H](CO)[C@H](O)C3(N)C#CCl)c2[nH]1.Nc1nc2c(c(F)cn2[C@@H]2O[C@H](CO)[C@H](O)C2(N)C#CCl)c(=O)[nH]1.Nc1nc2c(ccn2[C@@H]2O[C@H](CO)[C@H](O)C2(N)C#CCl)c(=O)[nH]1.Nc1nc2c(ncn2[C@@H]2O[C@H](CO)[C@H](O)C2(N)C#CCl)c(=O)[nH]1.Nc1ncc2ncn([C@@H]3O[C@H](CO)[C@H](O)C3(N)C#CCl)c2n1. The van der Waals surface area contributed by atoms with Crippen molar-refractivity contribution in [2.24, 2.45) is 28.7 Å². The topological polar surface area (TPSA) is 764 Å². The van der Waals surface area contributed by atoms with Gasteiger partial charge in [-0.1, -0.05) is 41.8 Å². The standard InChI is InChI=1S/C13H13ClFN5O4.C13H14ClN5O4.C12H13ClN6O4.C12H13ClN6O3S.C12H13ClN6O3/c14-2-1-13(17)8(22)6(4-21)24-11(13)20-3-5(15)7-9(20)18-12(16)19-10(7)23;14-3-2-13(16)8(21)7(5-20)23-11(13)19-4-1-6-9(19)17-12(15)18-10(6)22;13-2-1-12(15)7(21)5(3-20)23-10(12)19-4-16-6-8(19)17-11(14)18-9(6)22;13-2-1-12(15)7(21)5(3-20)22-10(12)19-4-16-6-8(19)17-11(14)18-9(6)23;13-2-1-12(15)8(21)7(4-20)22-10(12)19-5-17-6-3-16-11(14)18-9(6)19/h3,6,8,11,21-22H,4,17H2,(H3,16,18,19,23);1,4,7-8,11,20-21H,5,16H2,(H3,15,17,18,22);4-5,7,10,20-21H,3,15H2,(H3,14,17,18,22);4-5,7,10,20-21H,3,15H2,(H3,14,17,18,23);3,5,7-8,10,20-21H,4,15H2,(H2,14,16,18)/t6-,8+,11-,13?;7-,8+,11-,13?;2*5-,7+,10-,12?;7-,8+,10-,12?/m11111/s1. The van der Waals surface area contributed by atoms with Crippen LogP contribution in [0.3, 0.4) is 0 Å². The predicted molar refractivity (Wildman–Crippen MR) is 407 cm³/mol. The number of anilines is 5. The van der Waals surface area contributed by atoms with Crippen LogP contribution >= 0.6 is 70.2 Å². The lowest BCUT2D eigenvalue weighted by atomic mass is 9.92. The number of nitrogens with zero attached hydrogens (tertiary/aromatic N) is 14. The first-order valence-electron chi connectivity index (χ1n) is 32.7. The molecule has 0 saturated carbocycles. The maximum Gasteiger partial charge on any atom is 0.280 e. The first-order valence-corrected chi connectivity index (χ1v) is 35.0. The number of imidazole rings is 3. The largest absolute Gasteiger partial charge is 0.394 e. The summed E-state index contributed by atoms with van der Waals surface area (Å²) in [5.41, 5.74) is 50.7. The van der Waals surface area contributed by atoms with Gasteiger partial charge in [0.05, 0.1) is 63.6 Å². The zero-order chi connectivity index (χ0) is 83.9. The van der Waals surface area contributed by atoms with Crippen LogP contribution in [0.5, 0.6) is 0 Å². The van der Waals surface area contributed by atoms with Crippen LogP contribution in [-0.2, 0) is 23.7 Å². The Kier molecular flexibility index (Phi) is 25.3. The molecule has 20 atom stereocenters. The highest BCUT2D eigenvalue weighted by atomic mass is 35.5. The van der Waals surface area contributed by atoms with E-state index >= 15 is 0 Å². The summed E-state index contributed by atoms with van der Waals surface area (Å²) < 4.78 is 49.1. The van der Waals surface area contributed by atoms with Gasteiger partial charge in [0, 0.05) is 39.3 Å². The Morgan fingerprint density at radius 1 is 0.452 bits per heavy atom. The van der Waals surface area contributed by atoms with E-state index in [9.17, 15) is 69.8 Å². The zero-order valence-electron chi connectivity index (χ0n) is 58.2. The number of nitrogen functional groups attached to an aromatic ring is 5. The maximum absolute atomic E-state index is 14.2. The van der Waals surface area contributed by atoms with Crippen molar-refractivity contribution >= 4 is 156 Å². The van der Waals surface area contributed by atoms with E-state index in [0.717, 1.165) is 10.8 Å². The molecule has 5 unspecified atom stereocenters. The molecule has 5 aliphatic heterocycles. The Bertz CT molecular complexity index is 5620. The van der Waals surface area contributed by atoms with Crippen LogP contribution in [0.1, 0.15) is 31.1 Å². The molecule has 53 heteroatoms. The summed E-state index contributed by atoms with van der Waals surface area (Å²) in [7, 11) is 0. The van der Waals surface area contributed by atoms with Crippen molar-refractivity contribution in [3.05, 3.63) is 85.2 Å². The number of hydrogen-bond acceptors (Lipinski definition) is 38. The molecule has 15 heterocycles. The first-order chi connectivity index (χ1) is 54.6. The van der Waals surface area contributed by atoms with Crippen LogP contribution in [-0.4, -0.2) is 260 Å². The smallest absolute Gasteiger partial charge is 0.280 e. The molecule has 10 aromatic rings. The number of hydrogen-bond donors (Lipinski definition) is 24. The lowest BCUT2D eigenvalue weighted by Crippen LogP contribution is -2.53. The minimum atomic E-state index is -1.77. The number of aromatic amines is 4. The number of aliphatic hydroxyl groups is 10. The van der Waals surface area contributed by atoms with Gasteiger partial charge >= 0.3 is 0 Å². The van der Waals surface area contributed by atoms with Crippen molar-refractivity contribution in [3.63, 3.8) is 0 Å². The van der Waals surface area contributed by atoms with Gasteiger partial charge in [-0.2, -0.15) is 19.9 Å². The van der Waals surface area contributed by atoms with Crippen LogP contribution < -0.4 is 74.0 Å². The second-order valence-electron chi connectivity index (χ2n) is 25.6. The molecule has 46 nitrogen and oxygen atoms in total. The van der Waals surface area contributed by atoms with Crippen LogP contribution in [0.2, 0.25) is 0 Å². The number of rotatable bonds is 10. The molecule has 15 rings (SSSR count). The van der Waals surface area contributed by atoms with Gasteiger partial charge in [0.1, 0.15) is 83.1 Å². The van der Waals surface area contributed by atoms with Crippen LogP contribution in [0.15, 0.2) is 58.0 Å². The summed E-state index contributed by atoms with van der Waals surface area (Å²) in [5.74, 6) is 11.3. The molecule has 10 aromatic heterocycles. The minimum Gasteiger partial charge on any atom is -0.394 e. The average Bonchev–Trinajstić information content (AvgIpc) is 1.62. The third-order valence-electron chi connectivity index (χ3n) is 18.8. The van der Waals surface area contributed by atoms with E-state index < -0.39 is 175 Å². The Balaban J connectivity index is 0.000000142. The average molecular weight is 1720 g/mol. The molecule has 5 aliphatic rings. The van der Waals surface area contributed by atoms with Gasteiger partial charge in [-0.15, -0.1) is 0 Å². The summed E-state index contributed by atoms with van der Waals surface area (Å²) in [6.45, 7) is -2.37. The van der Waals surface area contributed by atoms with Crippen LogP contribution in [0.4, 0.5) is 34.1 Å². The molecule has 5 saturated heterocycles. The summed E-state index contributed by atoms with van der Waals surface area (Å²) in [6.07, 6.45) is -8.71. The Labute approximate surface area is 670 Å². The fourth-order valence-electron chi connectivity index (χ4n) is 13.1. The molecule has 0 bridgehead atoms. The molecule has 0 radical (unpaired) electrons. The van der Waals surface area contributed by atoms with Gasteiger partial charge in [-0.3, -0.25) is 47.6 Å². The van der Waals surface area contributed by atoms with E-state index in [1.165, 1.54) is 55.7 Å². The Hall–Kier alpha value is -10.1. The summed E-state index contributed by atoms with van der Waals surface area (Å²) >= 11 is 32.3. The molecule has 0 aromatic carbocycles. The van der Waals surface area contributed by atoms with Gasteiger partial charge < -0.3 is 142 Å². The Morgan fingerprint density at radius 3 is 1.27 bits per heavy atom. The number of halogens is 6. The van der Waals surface area contributed by atoms with Gasteiger partial charge in [0.15, 0.2) is 103 Å². The van der Waals surface area contributed by atoms with Crippen molar-refractivity contribution in [2.75, 3.05) is 61.7 Å². The van der Waals surface area contributed by atoms with Crippen LogP contribution in [0, 0.1) is 67.0 Å². The van der Waals surface area contributed by atoms with Crippen molar-refractivity contribution in [2.45, 2.75) is 120 Å². The van der Waals surface area contributed by atoms with Crippen molar-refractivity contribution < 1.29 is 79.1 Å². The number of nitrogens with two attached hydrogens (primary N) is 10. The summed E-state index contributed by atoms with van der Waals surface area (Å²) in [4.78, 5) is 81.3. The van der Waals surface area contributed by atoms with E-state index in [4.69, 9.17) is 151 Å². The number of aromatic nitrogens is 18. The quantitative estimate of drug-likeness (QED) is 0.0447. The third-order valence-corrected chi connectivity index (χ3v) is 19.5. The van der Waals surface area contributed by atoms with Gasteiger partial charge in [0.2, 0.25) is 23.8 Å². The highest BCUT2D eigenvalue weighted by Gasteiger charge is 2.59. The van der Waals surface area contributed by atoms with Crippen molar-refractivity contribution in [1.29, 1.82) is 0 Å². The van der Waals surface area contributed by atoms with Crippen molar-refractivity contribution in [3.8, 4) is 56.5 Å². The molecular weight excluding hydrogens is 1650 g/mol. The molecule has 0 aliphatic carbocycles. The van der Waals surface area contributed by atoms with E-state index in [0.29, 0.717) is 22.3 Å². The van der Waals surface area contributed by atoms with Gasteiger partial charge in [-0.05, 0) is 64.1 Å². The lowest BCUT2D eigenvalue weighted by molar-refractivity contribution is -0.0447. The maximum atomic E-state index is 14.2. The van der Waals surface area contributed by atoms with E-state index in [1.54, 1.807) is 0 Å². The number of fused-ring (bicyclic) bond motifs is 5. The highest BCUT2D eigenvalue weighted by molar-refractivity contribution is 7.71. The van der Waals surface area contributed by atoms with E-state index in [2.05, 4.69) is 121 Å². The number of aliphatic hydroxyl groups excluding tert-OH is 10. The Morgan fingerprint density at radius 2 is 0.817 bits per heavy atom. The van der Waals surface area contributed by atoms with Crippen molar-refractivity contribution in [1.82, 2.24) is 87.6 Å². The molecule has 0 amide bonds. The normalized spacial score (nSPS) is 30.4. The minimum absolute atomic E-state index is 0.0194.